The molecule has 0 saturated carbocycles. The maximum absolute atomic E-state index is 10.0. The maximum atomic E-state index is 10.0. The fourth-order valence-corrected chi connectivity index (χ4v) is 0.132. The average Bonchev–Trinajstić information content (AvgIpc) is 1.65. The Morgan fingerprint density at radius 1 is 1.86 bits per heavy atom. The fourth-order valence-electron chi connectivity index (χ4n) is 0.132. The lowest BCUT2D eigenvalue weighted by atomic mass is 10.3. The van der Waals surface area contributed by atoms with Crippen molar-refractivity contribution in [2.24, 2.45) is 0 Å². The molecule has 3 heteroatoms. The van der Waals surface area contributed by atoms with E-state index >= 15 is 0 Å². The number of hydrogen-bond acceptors (Lipinski definition) is 3. The Morgan fingerprint density at radius 2 is 2.29 bits per heavy atom. The first-order chi connectivity index (χ1) is 3.18. The van der Waals surface area contributed by atoms with Crippen molar-refractivity contribution in [1.82, 2.24) is 0 Å². The number of aliphatic hydroxyl groups is 2. The van der Waals surface area contributed by atoms with E-state index in [1.165, 1.54) is 6.92 Å². The molecule has 0 aliphatic carbocycles. The van der Waals surface area contributed by atoms with Gasteiger partial charge in [-0.2, -0.15) is 0 Å². The van der Waals surface area contributed by atoms with Gasteiger partial charge in [-0.1, -0.05) is 0 Å². The zero-order valence-electron chi connectivity index (χ0n) is 4.09. The zero-order valence-corrected chi connectivity index (χ0v) is 4.09. The minimum absolute atomic E-state index is 0.542. The summed E-state index contributed by atoms with van der Waals surface area (Å²) < 4.78 is 0. The molecular weight excluding hydrogens is 96.0 g/mol. The Labute approximate surface area is 41.6 Å². The van der Waals surface area contributed by atoms with Gasteiger partial charge in [0.1, 0.15) is 12.7 Å². The van der Waals surface area contributed by atoms with Crippen LogP contribution in [0.4, 0.5) is 0 Å². The Morgan fingerprint density at radius 3 is 2.29 bits per heavy atom. The van der Waals surface area contributed by atoms with Gasteiger partial charge in [-0.25, -0.2) is 0 Å². The lowest BCUT2D eigenvalue weighted by Gasteiger charge is -1.94. The van der Waals surface area contributed by atoms with Crippen LogP contribution in [0, 0.1) is 0 Å². The molecule has 0 amide bonds. The molecule has 0 aromatic rings. The molecule has 0 rings (SSSR count). The van der Waals surface area contributed by atoms with Crippen LogP contribution in [0.1, 0.15) is 6.92 Å². The summed E-state index contributed by atoms with van der Waals surface area (Å²) in [5.74, 6) is -0.542. The van der Waals surface area contributed by atoms with E-state index in [4.69, 9.17) is 10.2 Å². The van der Waals surface area contributed by atoms with E-state index in [1.807, 2.05) is 0 Å². The average molecular weight is 104 g/mol. The largest absolute Gasteiger partial charge is 0.388 e. The highest BCUT2D eigenvalue weighted by Gasteiger charge is 2.04. The van der Waals surface area contributed by atoms with E-state index < -0.39 is 18.5 Å². The smallest absolute Gasteiger partial charge is 0.186 e. The summed E-state index contributed by atoms with van der Waals surface area (Å²) in [5.41, 5.74) is 0. The summed E-state index contributed by atoms with van der Waals surface area (Å²) in [6, 6.07) is 0. The lowest BCUT2D eigenvalue weighted by Crippen LogP contribution is -2.19. The summed E-state index contributed by atoms with van der Waals surface area (Å²) in [6.07, 6.45) is -1.02. The molecule has 0 saturated heterocycles. The highest BCUT2D eigenvalue weighted by Crippen LogP contribution is 1.78. The van der Waals surface area contributed by atoms with Gasteiger partial charge < -0.3 is 10.2 Å². The van der Waals surface area contributed by atoms with Crippen molar-refractivity contribution in [2.45, 2.75) is 13.0 Å². The van der Waals surface area contributed by atoms with E-state index in [-0.39, 0.29) is 0 Å². The number of hydrogen-bond donors (Lipinski definition) is 2. The van der Waals surface area contributed by atoms with Gasteiger partial charge in [0.25, 0.3) is 0 Å². The number of ketones is 1. The summed E-state index contributed by atoms with van der Waals surface area (Å²) in [5, 5.41) is 16.3. The fraction of sp³-hybridized carbons (Fsp3) is 0.750. The van der Waals surface area contributed by atoms with Crippen LogP contribution < -0.4 is 0 Å². The van der Waals surface area contributed by atoms with E-state index in [9.17, 15) is 4.79 Å². The first-order valence-electron chi connectivity index (χ1n) is 2.00. The van der Waals surface area contributed by atoms with Gasteiger partial charge in [-0.05, 0) is 6.92 Å². The van der Waals surface area contributed by atoms with Crippen molar-refractivity contribution in [3.63, 3.8) is 0 Å². The van der Waals surface area contributed by atoms with E-state index in [2.05, 4.69) is 0 Å². The molecule has 0 heterocycles. The first-order valence-corrected chi connectivity index (χ1v) is 2.00. The minimum atomic E-state index is -1.02. The standard InChI is InChI=1S/C4H8O3/c1-3(6)4(7)2-5/h3,5-6H,2H2,1H3/t3-/m0/s1. The van der Waals surface area contributed by atoms with E-state index in [0.717, 1.165) is 0 Å². The third kappa shape index (κ3) is 2.31. The van der Waals surface area contributed by atoms with Crippen LogP contribution in [0.25, 0.3) is 0 Å². The second kappa shape index (κ2) is 2.71. The SMILES string of the molecule is C[C@H](O)C(=O)CO. The first kappa shape index (κ1) is 6.59. The summed E-state index contributed by atoms with van der Waals surface area (Å²) >= 11 is 0. The summed E-state index contributed by atoms with van der Waals surface area (Å²) in [7, 11) is 0. The molecule has 0 radical (unpaired) electrons. The third-order valence-electron chi connectivity index (χ3n) is 0.622. The highest BCUT2D eigenvalue weighted by atomic mass is 16.3. The molecule has 2 N–H and O–H groups in total. The third-order valence-corrected chi connectivity index (χ3v) is 0.622. The quantitative estimate of drug-likeness (QED) is 0.469. The molecule has 0 unspecified atom stereocenters. The van der Waals surface area contributed by atoms with Gasteiger partial charge in [-0.15, -0.1) is 0 Å². The Hall–Kier alpha value is -0.410. The molecule has 0 spiro atoms. The van der Waals surface area contributed by atoms with E-state index in [1.54, 1.807) is 0 Å². The highest BCUT2D eigenvalue weighted by molar-refractivity contribution is 5.83. The predicted octanol–water partition coefficient (Wildman–Crippen LogP) is -1.07. The maximum Gasteiger partial charge on any atom is 0.186 e. The lowest BCUT2D eigenvalue weighted by molar-refractivity contribution is -0.129. The molecule has 0 bridgehead atoms. The molecule has 3 nitrogen and oxygen atoms in total. The molecule has 0 aliphatic heterocycles. The van der Waals surface area contributed by atoms with Crippen LogP contribution in [-0.2, 0) is 4.79 Å². The number of rotatable bonds is 2. The van der Waals surface area contributed by atoms with Gasteiger partial charge in [0.05, 0.1) is 0 Å². The van der Waals surface area contributed by atoms with Crippen LogP contribution in [0.3, 0.4) is 0 Å². The predicted molar refractivity (Wildman–Crippen MR) is 23.8 cm³/mol. The van der Waals surface area contributed by atoms with Crippen LogP contribution in [0.2, 0.25) is 0 Å². The van der Waals surface area contributed by atoms with Gasteiger partial charge >= 0.3 is 0 Å². The molecule has 42 valence electrons. The molecule has 7 heavy (non-hydrogen) atoms. The van der Waals surface area contributed by atoms with Crippen molar-refractivity contribution >= 4 is 5.78 Å². The second-order valence-corrected chi connectivity index (χ2v) is 1.30. The molecule has 0 aromatic carbocycles. The number of aliphatic hydroxyl groups excluding tert-OH is 2. The molecule has 0 aliphatic rings. The van der Waals surface area contributed by atoms with Gasteiger partial charge in [0, 0.05) is 0 Å². The van der Waals surface area contributed by atoms with Crippen LogP contribution in [0.5, 0.6) is 0 Å². The normalized spacial score (nSPS) is 13.6. The zero-order chi connectivity index (χ0) is 5.86. The monoisotopic (exact) mass is 104 g/mol. The van der Waals surface area contributed by atoms with Gasteiger partial charge in [0.2, 0.25) is 0 Å². The van der Waals surface area contributed by atoms with Crippen LogP contribution in [0.15, 0.2) is 0 Å². The Balaban J connectivity index is 3.35. The molecule has 0 aromatic heterocycles. The molecule has 1 atom stereocenters. The van der Waals surface area contributed by atoms with Gasteiger partial charge in [0.15, 0.2) is 5.78 Å². The molecule has 0 fully saturated rings. The Bertz CT molecular complexity index is 67.3. The summed E-state index contributed by atoms with van der Waals surface area (Å²) in [6.45, 7) is 0.746. The van der Waals surface area contributed by atoms with Crippen molar-refractivity contribution in [3.8, 4) is 0 Å². The van der Waals surface area contributed by atoms with Gasteiger partial charge in [-0.3, -0.25) is 4.79 Å². The number of carbonyl (C=O) groups excluding carboxylic acids is 1. The number of Topliss-reactive ketones (excluding diaryl/α,β-unsaturated/α-hetero) is 1. The molecular formula is C4H8O3. The van der Waals surface area contributed by atoms with Crippen molar-refractivity contribution in [2.75, 3.05) is 6.61 Å². The van der Waals surface area contributed by atoms with Crippen molar-refractivity contribution in [3.05, 3.63) is 0 Å². The van der Waals surface area contributed by atoms with Crippen molar-refractivity contribution < 1.29 is 15.0 Å². The minimum Gasteiger partial charge on any atom is -0.388 e. The topological polar surface area (TPSA) is 57.5 Å². The summed E-state index contributed by atoms with van der Waals surface area (Å²) in [4.78, 5) is 10.0. The van der Waals surface area contributed by atoms with Crippen LogP contribution in [-0.4, -0.2) is 28.7 Å². The number of carbonyl (C=O) groups is 1. The Kier molecular flexibility index (Phi) is 2.55. The van der Waals surface area contributed by atoms with Crippen LogP contribution >= 0.6 is 0 Å². The van der Waals surface area contributed by atoms with Crippen molar-refractivity contribution in [1.29, 1.82) is 0 Å². The second-order valence-electron chi connectivity index (χ2n) is 1.30. The van der Waals surface area contributed by atoms with E-state index in [0.29, 0.717) is 0 Å².